The summed E-state index contributed by atoms with van der Waals surface area (Å²) in [5.41, 5.74) is 1.22. The summed E-state index contributed by atoms with van der Waals surface area (Å²) in [6.45, 7) is 2.55. The number of benzene rings is 1. The summed E-state index contributed by atoms with van der Waals surface area (Å²) in [6, 6.07) is 10.1. The molecule has 0 aromatic heterocycles. The van der Waals surface area contributed by atoms with Crippen molar-refractivity contribution >= 4 is 17.7 Å². The Morgan fingerprint density at radius 3 is 2.75 bits per heavy atom. The molecule has 110 valence electrons. The first-order valence-corrected chi connectivity index (χ1v) is 8.39. The quantitative estimate of drug-likeness (QED) is 0.786. The molecule has 1 aliphatic heterocycles. The van der Waals surface area contributed by atoms with Crippen molar-refractivity contribution in [2.24, 2.45) is 0 Å². The lowest BCUT2D eigenvalue weighted by Crippen LogP contribution is -2.27. The third kappa shape index (κ3) is 5.97. The van der Waals surface area contributed by atoms with Crippen LogP contribution in [0, 0.1) is 0 Å². The average molecular weight is 293 g/mol. The molecule has 1 fully saturated rings. The summed E-state index contributed by atoms with van der Waals surface area (Å²) in [5.74, 6) is 1.16. The van der Waals surface area contributed by atoms with E-state index in [4.69, 9.17) is 4.74 Å². The minimum absolute atomic E-state index is 0.154. The maximum atomic E-state index is 11.7. The van der Waals surface area contributed by atoms with Crippen molar-refractivity contribution in [2.45, 2.75) is 30.9 Å². The molecule has 1 aromatic carbocycles. The lowest BCUT2D eigenvalue weighted by atomic mass is 10.1. The second-order valence-electron chi connectivity index (χ2n) is 5.02. The number of nitrogens with one attached hydrogen (secondary N) is 1. The smallest absolute Gasteiger partial charge is 0.220 e. The summed E-state index contributed by atoms with van der Waals surface area (Å²) in [4.78, 5) is 11.7. The highest BCUT2D eigenvalue weighted by Crippen LogP contribution is 2.21. The van der Waals surface area contributed by atoms with Crippen LogP contribution in [-0.4, -0.2) is 36.7 Å². The first-order valence-electron chi connectivity index (χ1n) is 7.34. The SMILES string of the molecule is O=C(CCc1ccccc1)NCCSC1CCOCC1. The molecule has 1 aromatic rings. The predicted octanol–water partition coefficient (Wildman–Crippen LogP) is 2.65. The molecule has 3 nitrogen and oxygen atoms in total. The maximum Gasteiger partial charge on any atom is 0.220 e. The summed E-state index contributed by atoms with van der Waals surface area (Å²) in [7, 11) is 0. The Bertz CT molecular complexity index is 391. The van der Waals surface area contributed by atoms with E-state index < -0.39 is 0 Å². The first-order chi connectivity index (χ1) is 9.84. The molecular formula is C16H23NO2S. The topological polar surface area (TPSA) is 38.3 Å². The Kier molecular flexibility index (Phi) is 6.95. The molecule has 1 aliphatic rings. The minimum Gasteiger partial charge on any atom is -0.381 e. The number of rotatable bonds is 7. The van der Waals surface area contributed by atoms with E-state index in [1.54, 1.807) is 0 Å². The lowest BCUT2D eigenvalue weighted by molar-refractivity contribution is -0.120. The van der Waals surface area contributed by atoms with Gasteiger partial charge in [-0.2, -0.15) is 11.8 Å². The van der Waals surface area contributed by atoms with Gasteiger partial charge < -0.3 is 10.1 Å². The second kappa shape index (κ2) is 9.03. The zero-order chi connectivity index (χ0) is 14.0. The van der Waals surface area contributed by atoms with Crippen molar-refractivity contribution in [3.8, 4) is 0 Å². The largest absolute Gasteiger partial charge is 0.381 e. The number of amides is 1. The maximum absolute atomic E-state index is 11.7. The van der Waals surface area contributed by atoms with E-state index in [0.717, 1.165) is 44.8 Å². The van der Waals surface area contributed by atoms with Crippen LogP contribution in [0.15, 0.2) is 30.3 Å². The normalized spacial score (nSPS) is 16.0. The van der Waals surface area contributed by atoms with Crippen molar-refractivity contribution in [2.75, 3.05) is 25.5 Å². The summed E-state index contributed by atoms with van der Waals surface area (Å²) in [6.07, 6.45) is 3.69. The third-order valence-electron chi connectivity index (χ3n) is 3.43. The van der Waals surface area contributed by atoms with Crippen LogP contribution in [0.2, 0.25) is 0 Å². The Balaban J connectivity index is 1.51. The molecule has 1 saturated heterocycles. The van der Waals surface area contributed by atoms with E-state index in [2.05, 4.69) is 17.4 Å². The molecule has 1 heterocycles. The molecule has 0 saturated carbocycles. The molecule has 1 N–H and O–H groups in total. The van der Waals surface area contributed by atoms with Crippen molar-refractivity contribution in [1.29, 1.82) is 0 Å². The van der Waals surface area contributed by atoms with Gasteiger partial charge >= 0.3 is 0 Å². The molecule has 0 unspecified atom stereocenters. The van der Waals surface area contributed by atoms with Gasteiger partial charge in [-0.3, -0.25) is 4.79 Å². The van der Waals surface area contributed by atoms with Crippen LogP contribution in [0.1, 0.15) is 24.8 Å². The summed E-state index contributed by atoms with van der Waals surface area (Å²) in [5, 5.41) is 3.71. The van der Waals surface area contributed by atoms with E-state index >= 15 is 0 Å². The monoisotopic (exact) mass is 293 g/mol. The van der Waals surface area contributed by atoms with E-state index in [1.165, 1.54) is 5.56 Å². The van der Waals surface area contributed by atoms with Crippen LogP contribution < -0.4 is 5.32 Å². The fourth-order valence-corrected chi connectivity index (χ4v) is 3.33. The molecule has 0 atom stereocenters. The van der Waals surface area contributed by atoms with Crippen LogP contribution in [0.5, 0.6) is 0 Å². The van der Waals surface area contributed by atoms with Crippen LogP contribution in [0.25, 0.3) is 0 Å². The molecule has 0 bridgehead atoms. The molecule has 2 rings (SSSR count). The lowest BCUT2D eigenvalue weighted by Gasteiger charge is -2.21. The van der Waals surface area contributed by atoms with Gasteiger partial charge in [0.1, 0.15) is 0 Å². The number of ether oxygens (including phenoxy) is 1. The second-order valence-corrected chi connectivity index (χ2v) is 6.43. The van der Waals surface area contributed by atoms with Crippen molar-refractivity contribution in [3.05, 3.63) is 35.9 Å². The Labute approximate surface area is 125 Å². The summed E-state index contributed by atoms with van der Waals surface area (Å²) >= 11 is 1.96. The molecule has 1 amide bonds. The molecule has 0 radical (unpaired) electrons. The van der Waals surface area contributed by atoms with Gasteiger partial charge in [0.05, 0.1) is 0 Å². The molecule has 4 heteroatoms. The Morgan fingerprint density at radius 2 is 2.00 bits per heavy atom. The van der Waals surface area contributed by atoms with Gasteiger partial charge in [0, 0.05) is 37.2 Å². The molecule has 0 spiro atoms. The highest BCUT2D eigenvalue weighted by molar-refractivity contribution is 7.99. The number of carbonyl (C=O) groups excluding carboxylic acids is 1. The fraction of sp³-hybridized carbons (Fsp3) is 0.562. The highest BCUT2D eigenvalue weighted by atomic mass is 32.2. The highest BCUT2D eigenvalue weighted by Gasteiger charge is 2.13. The number of hydrogen-bond donors (Lipinski definition) is 1. The number of hydrogen-bond acceptors (Lipinski definition) is 3. The van der Waals surface area contributed by atoms with Crippen LogP contribution in [0.4, 0.5) is 0 Å². The van der Waals surface area contributed by atoms with Gasteiger partial charge in [0.15, 0.2) is 0 Å². The van der Waals surface area contributed by atoms with Gasteiger partial charge in [-0.1, -0.05) is 30.3 Å². The molecule has 20 heavy (non-hydrogen) atoms. The number of thioether (sulfide) groups is 1. The van der Waals surface area contributed by atoms with Crippen molar-refractivity contribution in [1.82, 2.24) is 5.32 Å². The van der Waals surface area contributed by atoms with Crippen molar-refractivity contribution < 1.29 is 9.53 Å². The van der Waals surface area contributed by atoms with Crippen LogP contribution >= 0.6 is 11.8 Å². The summed E-state index contributed by atoms with van der Waals surface area (Å²) < 4.78 is 5.34. The van der Waals surface area contributed by atoms with Crippen LogP contribution in [-0.2, 0) is 16.0 Å². The molecule has 0 aliphatic carbocycles. The zero-order valence-electron chi connectivity index (χ0n) is 11.8. The first kappa shape index (κ1) is 15.4. The van der Waals surface area contributed by atoms with Gasteiger partial charge in [0.25, 0.3) is 0 Å². The average Bonchev–Trinajstić information content (AvgIpc) is 2.52. The Morgan fingerprint density at radius 1 is 1.25 bits per heavy atom. The van der Waals surface area contributed by atoms with E-state index in [9.17, 15) is 4.79 Å². The predicted molar refractivity (Wildman–Crippen MR) is 84.1 cm³/mol. The third-order valence-corrected chi connectivity index (χ3v) is 4.81. The van der Waals surface area contributed by atoms with E-state index in [-0.39, 0.29) is 5.91 Å². The standard InChI is InChI=1S/C16H23NO2S/c18-16(7-6-14-4-2-1-3-5-14)17-10-13-20-15-8-11-19-12-9-15/h1-5,15H,6-13H2,(H,17,18). The Hall–Kier alpha value is -1.00. The number of aryl methyl sites for hydroxylation is 1. The molecular weight excluding hydrogens is 270 g/mol. The van der Waals surface area contributed by atoms with E-state index in [1.807, 2.05) is 30.0 Å². The van der Waals surface area contributed by atoms with Gasteiger partial charge in [-0.05, 0) is 24.8 Å². The fourth-order valence-electron chi connectivity index (χ4n) is 2.25. The number of carbonyl (C=O) groups is 1. The zero-order valence-corrected chi connectivity index (χ0v) is 12.7. The van der Waals surface area contributed by atoms with Gasteiger partial charge in [-0.15, -0.1) is 0 Å². The van der Waals surface area contributed by atoms with Gasteiger partial charge in [-0.25, -0.2) is 0 Å². The minimum atomic E-state index is 0.154. The van der Waals surface area contributed by atoms with Gasteiger partial charge in [0.2, 0.25) is 5.91 Å². The van der Waals surface area contributed by atoms with E-state index in [0.29, 0.717) is 11.7 Å². The van der Waals surface area contributed by atoms with Crippen molar-refractivity contribution in [3.63, 3.8) is 0 Å². The van der Waals surface area contributed by atoms with Crippen LogP contribution in [0.3, 0.4) is 0 Å².